The first kappa shape index (κ1) is 12.6. The van der Waals surface area contributed by atoms with E-state index >= 15 is 0 Å². The van der Waals surface area contributed by atoms with Gasteiger partial charge in [-0.15, -0.1) is 0 Å². The lowest BCUT2D eigenvalue weighted by Gasteiger charge is -2.14. The molecule has 2 aromatic rings. The second-order valence-electron chi connectivity index (χ2n) is 5.70. The molecule has 0 aliphatic heterocycles. The van der Waals surface area contributed by atoms with Crippen LogP contribution in [0.3, 0.4) is 0 Å². The summed E-state index contributed by atoms with van der Waals surface area (Å²) in [6.07, 6.45) is 10.0. The molecule has 0 bridgehead atoms. The van der Waals surface area contributed by atoms with Crippen molar-refractivity contribution >= 4 is 11.0 Å². The van der Waals surface area contributed by atoms with Gasteiger partial charge in [-0.25, -0.2) is 9.97 Å². The first-order valence-electron chi connectivity index (χ1n) is 7.22. The van der Waals surface area contributed by atoms with Gasteiger partial charge in [0.25, 0.3) is 0 Å². The van der Waals surface area contributed by atoms with E-state index in [1.807, 2.05) is 6.20 Å². The summed E-state index contributed by atoms with van der Waals surface area (Å²) in [7, 11) is 4.25. The molecule has 0 saturated heterocycles. The molecule has 0 radical (unpaired) electrons. The summed E-state index contributed by atoms with van der Waals surface area (Å²) in [5.74, 6) is 0. The molecule has 0 spiro atoms. The molecule has 2 aromatic heterocycles. The normalized spacial score (nSPS) is 15.7. The van der Waals surface area contributed by atoms with Gasteiger partial charge in [0.05, 0.1) is 0 Å². The van der Waals surface area contributed by atoms with Crippen molar-refractivity contribution in [2.24, 2.45) is 0 Å². The molecule has 0 saturated carbocycles. The quantitative estimate of drug-likeness (QED) is 0.792. The number of aryl methyl sites for hydroxylation is 1. The van der Waals surface area contributed by atoms with Crippen molar-refractivity contribution in [1.29, 1.82) is 0 Å². The molecular formula is C15H22N4. The Morgan fingerprint density at radius 2 is 2.05 bits per heavy atom. The summed E-state index contributed by atoms with van der Waals surface area (Å²) in [5, 5.41) is 1.28. The third kappa shape index (κ3) is 2.37. The van der Waals surface area contributed by atoms with E-state index in [2.05, 4.69) is 33.5 Å². The highest BCUT2D eigenvalue weighted by Crippen LogP contribution is 2.29. The summed E-state index contributed by atoms with van der Waals surface area (Å²) in [6, 6.07) is 0. The average molecular weight is 258 g/mol. The van der Waals surface area contributed by atoms with Gasteiger partial charge in [0, 0.05) is 30.4 Å². The number of fused-ring (bicyclic) bond motifs is 3. The van der Waals surface area contributed by atoms with Crippen LogP contribution in [-0.2, 0) is 19.4 Å². The van der Waals surface area contributed by atoms with Crippen LogP contribution in [0.1, 0.15) is 30.5 Å². The standard InChI is InChI=1S/C15H22N4/c1-18(2)8-9-19-14-7-5-3-4-6-12(14)13-10-16-11-17-15(13)19/h10-11H,3-9H2,1-2H3. The third-order valence-corrected chi connectivity index (χ3v) is 4.06. The average Bonchev–Trinajstić information content (AvgIpc) is 2.56. The van der Waals surface area contributed by atoms with Gasteiger partial charge < -0.3 is 9.47 Å². The molecule has 1 aliphatic carbocycles. The van der Waals surface area contributed by atoms with Gasteiger partial charge in [-0.05, 0) is 45.3 Å². The fraction of sp³-hybridized carbons (Fsp3) is 0.600. The Kier molecular flexibility index (Phi) is 3.51. The summed E-state index contributed by atoms with van der Waals surface area (Å²) in [6.45, 7) is 2.08. The molecule has 4 heteroatoms. The van der Waals surface area contributed by atoms with Crippen molar-refractivity contribution in [3.63, 3.8) is 0 Å². The van der Waals surface area contributed by atoms with Crippen molar-refractivity contribution < 1.29 is 0 Å². The Morgan fingerprint density at radius 1 is 1.21 bits per heavy atom. The van der Waals surface area contributed by atoms with Crippen LogP contribution in [-0.4, -0.2) is 40.1 Å². The molecular weight excluding hydrogens is 236 g/mol. The molecule has 0 aromatic carbocycles. The Labute approximate surface area is 114 Å². The molecule has 2 heterocycles. The summed E-state index contributed by atoms with van der Waals surface area (Å²) in [4.78, 5) is 11.0. The number of likely N-dealkylation sites (N-methyl/N-ethyl adjacent to an activating group) is 1. The Balaban J connectivity index is 2.09. The molecule has 0 N–H and O–H groups in total. The summed E-state index contributed by atoms with van der Waals surface area (Å²) in [5.41, 5.74) is 4.14. The van der Waals surface area contributed by atoms with Gasteiger partial charge in [0.15, 0.2) is 0 Å². The number of hydrogen-bond acceptors (Lipinski definition) is 3. The van der Waals surface area contributed by atoms with Crippen LogP contribution >= 0.6 is 0 Å². The smallest absolute Gasteiger partial charge is 0.143 e. The SMILES string of the molecule is CN(C)CCn1c2c(c3cncnc31)CCCCC2. The number of nitrogens with zero attached hydrogens (tertiary/aromatic N) is 4. The largest absolute Gasteiger partial charge is 0.328 e. The van der Waals surface area contributed by atoms with Crippen LogP contribution in [0.2, 0.25) is 0 Å². The van der Waals surface area contributed by atoms with Gasteiger partial charge in [0.1, 0.15) is 12.0 Å². The zero-order valence-corrected chi connectivity index (χ0v) is 11.9. The van der Waals surface area contributed by atoms with E-state index < -0.39 is 0 Å². The molecule has 19 heavy (non-hydrogen) atoms. The minimum Gasteiger partial charge on any atom is -0.328 e. The molecule has 1 aliphatic rings. The number of rotatable bonds is 3. The van der Waals surface area contributed by atoms with Crippen molar-refractivity contribution in [3.8, 4) is 0 Å². The van der Waals surface area contributed by atoms with Crippen LogP contribution in [0, 0.1) is 0 Å². The number of aromatic nitrogens is 3. The maximum atomic E-state index is 4.53. The van der Waals surface area contributed by atoms with Crippen LogP contribution < -0.4 is 0 Å². The molecule has 4 nitrogen and oxygen atoms in total. The zero-order chi connectivity index (χ0) is 13.2. The minimum absolute atomic E-state index is 1.02. The molecule has 0 atom stereocenters. The Hall–Kier alpha value is -1.42. The first-order chi connectivity index (χ1) is 9.27. The van der Waals surface area contributed by atoms with E-state index in [0.29, 0.717) is 0 Å². The van der Waals surface area contributed by atoms with Crippen molar-refractivity contribution in [2.75, 3.05) is 20.6 Å². The van der Waals surface area contributed by atoms with E-state index in [4.69, 9.17) is 0 Å². The zero-order valence-electron chi connectivity index (χ0n) is 11.9. The predicted molar refractivity (Wildman–Crippen MR) is 77.3 cm³/mol. The highest BCUT2D eigenvalue weighted by Gasteiger charge is 2.19. The van der Waals surface area contributed by atoms with Gasteiger partial charge in [-0.2, -0.15) is 0 Å². The first-order valence-corrected chi connectivity index (χ1v) is 7.22. The predicted octanol–water partition coefficient (Wildman–Crippen LogP) is 2.26. The van der Waals surface area contributed by atoms with Gasteiger partial charge in [0.2, 0.25) is 0 Å². The fourth-order valence-corrected chi connectivity index (χ4v) is 3.07. The maximum absolute atomic E-state index is 4.53. The van der Waals surface area contributed by atoms with E-state index in [9.17, 15) is 0 Å². The maximum Gasteiger partial charge on any atom is 0.143 e. The van der Waals surface area contributed by atoms with Crippen molar-refractivity contribution in [3.05, 3.63) is 23.8 Å². The monoisotopic (exact) mass is 258 g/mol. The minimum atomic E-state index is 1.02. The number of hydrogen-bond donors (Lipinski definition) is 0. The molecule has 102 valence electrons. The van der Waals surface area contributed by atoms with E-state index in [1.54, 1.807) is 6.33 Å². The fourth-order valence-electron chi connectivity index (χ4n) is 3.07. The Bertz CT molecular complexity index is 571. The van der Waals surface area contributed by atoms with Crippen molar-refractivity contribution in [1.82, 2.24) is 19.4 Å². The second kappa shape index (κ2) is 5.29. The topological polar surface area (TPSA) is 34.0 Å². The summed E-state index contributed by atoms with van der Waals surface area (Å²) >= 11 is 0. The lowest BCUT2D eigenvalue weighted by Crippen LogP contribution is -2.19. The van der Waals surface area contributed by atoms with Crippen LogP contribution in [0.5, 0.6) is 0 Å². The van der Waals surface area contributed by atoms with Crippen LogP contribution in [0.25, 0.3) is 11.0 Å². The molecule has 3 rings (SSSR count). The molecule has 0 amide bonds. The Morgan fingerprint density at radius 3 is 2.89 bits per heavy atom. The molecule has 0 fully saturated rings. The van der Waals surface area contributed by atoms with Gasteiger partial charge in [-0.3, -0.25) is 0 Å². The third-order valence-electron chi connectivity index (χ3n) is 4.06. The van der Waals surface area contributed by atoms with Crippen LogP contribution in [0.15, 0.2) is 12.5 Å². The van der Waals surface area contributed by atoms with E-state index in [0.717, 1.165) is 18.7 Å². The van der Waals surface area contributed by atoms with Crippen molar-refractivity contribution in [2.45, 2.75) is 38.6 Å². The van der Waals surface area contributed by atoms with Crippen LogP contribution in [0.4, 0.5) is 0 Å². The lowest BCUT2D eigenvalue weighted by molar-refractivity contribution is 0.383. The second-order valence-corrected chi connectivity index (χ2v) is 5.70. The highest BCUT2D eigenvalue weighted by molar-refractivity contribution is 5.81. The summed E-state index contributed by atoms with van der Waals surface area (Å²) < 4.78 is 2.43. The highest BCUT2D eigenvalue weighted by atomic mass is 15.1. The molecule has 0 unspecified atom stereocenters. The van der Waals surface area contributed by atoms with Gasteiger partial charge in [-0.1, -0.05) is 6.42 Å². The van der Waals surface area contributed by atoms with Gasteiger partial charge >= 0.3 is 0 Å². The van der Waals surface area contributed by atoms with E-state index in [1.165, 1.54) is 48.7 Å². The lowest BCUT2D eigenvalue weighted by atomic mass is 10.1. The van der Waals surface area contributed by atoms with E-state index in [-0.39, 0.29) is 0 Å².